The van der Waals surface area contributed by atoms with Crippen LogP contribution < -0.4 is 10.5 Å². The van der Waals surface area contributed by atoms with Crippen molar-refractivity contribution in [2.24, 2.45) is 5.73 Å². The Morgan fingerprint density at radius 3 is 2.26 bits per heavy atom. The molecule has 5 nitrogen and oxygen atoms in total. The average Bonchev–Trinajstić information content (AvgIpc) is 2.31. The van der Waals surface area contributed by atoms with Crippen molar-refractivity contribution in [2.75, 3.05) is 6.61 Å². The van der Waals surface area contributed by atoms with Crippen LogP contribution in [0, 0.1) is 0 Å². The summed E-state index contributed by atoms with van der Waals surface area (Å²) in [6.45, 7) is 5.33. The maximum atomic E-state index is 11.7. The summed E-state index contributed by atoms with van der Waals surface area (Å²) in [6.07, 6.45) is 0.182. The number of amides is 1. The summed E-state index contributed by atoms with van der Waals surface area (Å²) in [5.74, 6) is -0.275. The molecule has 0 unspecified atom stereocenters. The minimum absolute atomic E-state index is 0.182. The van der Waals surface area contributed by atoms with E-state index in [0.717, 1.165) is 5.56 Å². The molecule has 1 aromatic rings. The van der Waals surface area contributed by atoms with Crippen molar-refractivity contribution in [3.8, 4) is 5.75 Å². The van der Waals surface area contributed by atoms with Gasteiger partial charge in [0, 0.05) is 0 Å². The van der Waals surface area contributed by atoms with E-state index >= 15 is 0 Å². The fourth-order valence-electron chi connectivity index (χ4n) is 1.52. The maximum Gasteiger partial charge on any atom is 0.349 e. The number of ether oxygens (including phenoxy) is 2. The number of carbonyl (C=O) groups excluding carboxylic acids is 2. The van der Waals surface area contributed by atoms with E-state index in [4.69, 9.17) is 15.2 Å². The molecule has 0 aliphatic rings. The lowest BCUT2D eigenvalue weighted by molar-refractivity contribution is -0.158. The van der Waals surface area contributed by atoms with Crippen molar-refractivity contribution in [3.63, 3.8) is 0 Å². The van der Waals surface area contributed by atoms with E-state index < -0.39 is 11.6 Å². The molecule has 0 aliphatic carbocycles. The molecule has 104 valence electrons. The molecule has 5 heteroatoms. The Bertz CT molecular complexity index is 451. The number of esters is 1. The molecule has 0 saturated carbocycles. The zero-order valence-electron chi connectivity index (χ0n) is 11.4. The van der Waals surface area contributed by atoms with Crippen LogP contribution in [-0.4, -0.2) is 24.1 Å². The fourth-order valence-corrected chi connectivity index (χ4v) is 1.52. The standard InChI is InChI=1S/C14H19NO4/c1-4-18-13(17)14(2,3)19-11-7-5-10(6-8-11)9-12(15)16/h5-8H,4,9H2,1-3H3,(H2,15,16). The molecular weight excluding hydrogens is 246 g/mol. The van der Waals surface area contributed by atoms with Crippen LogP contribution in [0.2, 0.25) is 0 Å². The molecule has 0 atom stereocenters. The van der Waals surface area contributed by atoms with Gasteiger partial charge in [0.05, 0.1) is 13.0 Å². The van der Waals surface area contributed by atoms with Crippen molar-refractivity contribution < 1.29 is 19.1 Å². The Labute approximate surface area is 112 Å². The predicted octanol–water partition coefficient (Wildman–Crippen LogP) is 1.43. The molecular formula is C14H19NO4. The first kappa shape index (κ1) is 15.0. The van der Waals surface area contributed by atoms with E-state index in [9.17, 15) is 9.59 Å². The summed E-state index contributed by atoms with van der Waals surface area (Å²) in [7, 11) is 0. The van der Waals surface area contributed by atoms with E-state index in [1.807, 2.05) is 0 Å². The number of hydrogen-bond acceptors (Lipinski definition) is 4. The van der Waals surface area contributed by atoms with Crippen LogP contribution in [0.15, 0.2) is 24.3 Å². The molecule has 0 heterocycles. The first-order valence-corrected chi connectivity index (χ1v) is 6.08. The summed E-state index contributed by atoms with van der Waals surface area (Å²) in [5.41, 5.74) is 4.85. The Morgan fingerprint density at radius 1 is 1.21 bits per heavy atom. The molecule has 0 aliphatic heterocycles. The third-order valence-corrected chi connectivity index (χ3v) is 2.44. The molecule has 0 radical (unpaired) electrons. The second-order valence-electron chi connectivity index (χ2n) is 4.62. The van der Waals surface area contributed by atoms with E-state index in [1.54, 1.807) is 45.0 Å². The average molecular weight is 265 g/mol. The molecule has 0 fully saturated rings. The van der Waals surface area contributed by atoms with Crippen LogP contribution in [0.3, 0.4) is 0 Å². The highest BCUT2D eigenvalue weighted by Gasteiger charge is 2.31. The van der Waals surface area contributed by atoms with Gasteiger partial charge in [-0.25, -0.2) is 4.79 Å². The summed E-state index contributed by atoms with van der Waals surface area (Å²) in [6, 6.07) is 6.86. The summed E-state index contributed by atoms with van der Waals surface area (Å²) >= 11 is 0. The highest BCUT2D eigenvalue weighted by molar-refractivity contribution is 5.79. The van der Waals surface area contributed by atoms with Crippen molar-refractivity contribution in [3.05, 3.63) is 29.8 Å². The van der Waals surface area contributed by atoms with Gasteiger partial charge in [0.2, 0.25) is 5.91 Å². The number of nitrogens with two attached hydrogens (primary N) is 1. The van der Waals surface area contributed by atoms with Crippen LogP contribution in [-0.2, 0) is 20.7 Å². The SMILES string of the molecule is CCOC(=O)C(C)(C)Oc1ccc(CC(N)=O)cc1. The number of primary amides is 1. The smallest absolute Gasteiger partial charge is 0.349 e. The molecule has 1 amide bonds. The quantitative estimate of drug-likeness (QED) is 0.789. The number of benzene rings is 1. The third-order valence-electron chi connectivity index (χ3n) is 2.44. The number of rotatable bonds is 6. The van der Waals surface area contributed by atoms with E-state index in [0.29, 0.717) is 12.4 Å². The highest BCUT2D eigenvalue weighted by Crippen LogP contribution is 2.20. The van der Waals surface area contributed by atoms with Gasteiger partial charge in [0.25, 0.3) is 0 Å². The molecule has 2 N–H and O–H groups in total. The normalized spacial score (nSPS) is 10.9. The molecule has 19 heavy (non-hydrogen) atoms. The molecule has 0 aromatic heterocycles. The molecule has 0 bridgehead atoms. The summed E-state index contributed by atoms with van der Waals surface area (Å²) < 4.78 is 10.5. The van der Waals surface area contributed by atoms with Crippen LogP contribution in [0.5, 0.6) is 5.75 Å². The monoisotopic (exact) mass is 265 g/mol. The van der Waals surface area contributed by atoms with Crippen LogP contribution in [0.4, 0.5) is 0 Å². The van der Waals surface area contributed by atoms with Gasteiger partial charge < -0.3 is 15.2 Å². The predicted molar refractivity (Wildman–Crippen MR) is 70.7 cm³/mol. The highest BCUT2D eigenvalue weighted by atomic mass is 16.6. The van der Waals surface area contributed by atoms with E-state index in [2.05, 4.69) is 0 Å². The lowest BCUT2D eigenvalue weighted by atomic mass is 10.1. The minimum Gasteiger partial charge on any atom is -0.476 e. The van der Waals surface area contributed by atoms with Gasteiger partial charge in [-0.05, 0) is 38.5 Å². The lowest BCUT2D eigenvalue weighted by Gasteiger charge is -2.24. The second kappa shape index (κ2) is 6.22. The zero-order valence-corrected chi connectivity index (χ0v) is 11.4. The second-order valence-corrected chi connectivity index (χ2v) is 4.62. The molecule has 1 aromatic carbocycles. The minimum atomic E-state index is -1.05. The van der Waals surface area contributed by atoms with Crippen molar-refractivity contribution in [2.45, 2.75) is 32.8 Å². The summed E-state index contributed by atoms with van der Waals surface area (Å²) in [5, 5.41) is 0. The van der Waals surface area contributed by atoms with Gasteiger partial charge in [-0.3, -0.25) is 4.79 Å². The largest absolute Gasteiger partial charge is 0.476 e. The van der Waals surface area contributed by atoms with Gasteiger partial charge in [-0.1, -0.05) is 12.1 Å². The molecule has 0 saturated heterocycles. The van der Waals surface area contributed by atoms with Gasteiger partial charge >= 0.3 is 5.97 Å². The Morgan fingerprint density at radius 2 is 1.79 bits per heavy atom. The van der Waals surface area contributed by atoms with E-state index in [1.165, 1.54) is 0 Å². The number of hydrogen-bond donors (Lipinski definition) is 1. The third kappa shape index (κ3) is 4.62. The van der Waals surface area contributed by atoms with Crippen molar-refractivity contribution >= 4 is 11.9 Å². The zero-order chi connectivity index (χ0) is 14.5. The Hall–Kier alpha value is -2.04. The van der Waals surface area contributed by atoms with Gasteiger partial charge in [-0.2, -0.15) is 0 Å². The van der Waals surface area contributed by atoms with Crippen LogP contribution in [0.1, 0.15) is 26.3 Å². The topological polar surface area (TPSA) is 78.6 Å². The molecule has 1 rings (SSSR count). The first-order chi connectivity index (χ1) is 8.85. The number of carbonyl (C=O) groups is 2. The van der Waals surface area contributed by atoms with Gasteiger partial charge in [0.15, 0.2) is 5.60 Å². The Kier molecular flexibility index (Phi) is 4.92. The van der Waals surface area contributed by atoms with Crippen molar-refractivity contribution in [1.29, 1.82) is 0 Å². The van der Waals surface area contributed by atoms with Gasteiger partial charge in [0.1, 0.15) is 5.75 Å². The van der Waals surface area contributed by atoms with Gasteiger partial charge in [-0.15, -0.1) is 0 Å². The van der Waals surface area contributed by atoms with Crippen LogP contribution in [0.25, 0.3) is 0 Å². The lowest BCUT2D eigenvalue weighted by Crippen LogP contribution is -2.39. The van der Waals surface area contributed by atoms with Crippen LogP contribution >= 0.6 is 0 Å². The maximum absolute atomic E-state index is 11.7. The van der Waals surface area contributed by atoms with Crippen molar-refractivity contribution in [1.82, 2.24) is 0 Å². The first-order valence-electron chi connectivity index (χ1n) is 6.08. The van der Waals surface area contributed by atoms with E-state index in [-0.39, 0.29) is 12.3 Å². The fraction of sp³-hybridized carbons (Fsp3) is 0.429. The summed E-state index contributed by atoms with van der Waals surface area (Å²) in [4.78, 5) is 22.4. The molecule has 0 spiro atoms. The Balaban J connectivity index is 2.71.